The molecule has 4 aliphatic rings. The Labute approximate surface area is 112 Å². The van der Waals surface area contributed by atoms with Gasteiger partial charge in [0.1, 0.15) is 0 Å². The van der Waals surface area contributed by atoms with Crippen LogP contribution in [0.2, 0.25) is 0 Å². The number of allylic oxidation sites excluding steroid dienone is 1. The third-order valence-electron chi connectivity index (χ3n) is 5.34. The predicted octanol–water partition coefficient (Wildman–Crippen LogP) is 2.59. The van der Waals surface area contributed by atoms with Crippen LogP contribution >= 0.6 is 0 Å². The van der Waals surface area contributed by atoms with E-state index in [2.05, 4.69) is 29.2 Å². The van der Waals surface area contributed by atoms with E-state index in [1.54, 1.807) is 0 Å². The summed E-state index contributed by atoms with van der Waals surface area (Å²) in [6.07, 6.45) is 8.62. The van der Waals surface area contributed by atoms with Crippen molar-refractivity contribution in [1.82, 2.24) is 4.90 Å². The van der Waals surface area contributed by atoms with Crippen molar-refractivity contribution in [2.75, 3.05) is 13.3 Å². The highest BCUT2D eigenvalue weighted by atomic mass is 16.7. The van der Waals surface area contributed by atoms with E-state index in [4.69, 9.17) is 9.47 Å². The van der Waals surface area contributed by atoms with Crippen LogP contribution in [0.15, 0.2) is 24.3 Å². The van der Waals surface area contributed by atoms with Crippen molar-refractivity contribution in [2.24, 2.45) is 0 Å². The monoisotopic (exact) mass is 255 g/mol. The van der Waals surface area contributed by atoms with Gasteiger partial charge in [-0.05, 0) is 42.5 Å². The first-order valence-electron chi connectivity index (χ1n) is 7.22. The molecule has 3 aliphatic heterocycles. The number of rotatable bonds is 0. The summed E-state index contributed by atoms with van der Waals surface area (Å²) in [5, 5.41) is 0. The molecule has 0 N–H and O–H groups in total. The molecule has 3 atom stereocenters. The Balaban J connectivity index is 1.76. The van der Waals surface area contributed by atoms with Crippen molar-refractivity contribution in [3.8, 4) is 11.5 Å². The van der Waals surface area contributed by atoms with Gasteiger partial charge in [-0.25, -0.2) is 0 Å². The number of hydrogen-bond acceptors (Lipinski definition) is 3. The zero-order chi connectivity index (χ0) is 12.4. The minimum atomic E-state index is 0.243. The summed E-state index contributed by atoms with van der Waals surface area (Å²) in [6, 6.07) is 5.16. The lowest BCUT2D eigenvalue weighted by atomic mass is 9.67. The Morgan fingerprint density at radius 3 is 3.05 bits per heavy atom. The van der Waals surface area contributed by atoms with Crippen molar-refractivity contribution in [3.63, 3.8) is 0 Å². The molecule has 1 fully saturated rings. The summed E-state index contributed by atoms with van der Waals surface area (Å²) in [7, 11) is 0. The first-order valence-corrected chi connectivity index (χ1v) is 7.22. The van der Waals surface area contributed by atoms with E-state index in [9.17, 15) is 0 Å². The van der Waals surface area contributed by atoms with E-state index < -0.39 is 0 Å². The smallest absolute Gasteiger partial charge is 0.231 e. The fourth-order valence-electron chi connectivity index (χ4n) is 4.52. The zero-order valence-corrected chi connectivity index (χ0v) is 10.9. The molecule has 0 radical (unpaired) electrons. The summed E-state index contributed by atoms with van der Waals surface area (Å²) in [5.74, 6) is 1.86. The van der Waals surface area contributed by atoms with Crippen LogP contribution in [-0.2, 0) is 12.0 Å². The highest BCUT2D eigenvalue weighted by Crippen LogP contribution is 2.53. The Hall–Kier alpha value is -1.48. The molecule has 1 unspecified atom stereocenters. The van der Waals surface area contributed by atoms with Crippen molar-refractivity contribution in [2.45, 2.75) is 37.3 Å². The molecule has 3 heterocycles. The van der Waals surface area contributed by atoms with Crippen LogP contribution in [0.3, 0.4) is 0 Å². The van der Waals surface area contributed by atoms with E-state index in [1.165, 1.54) is 36.9 Å². The van der Waals surface area contributed by atoms with Crippen molar-refractivity contribution in [3.05, 3.63) is 35.4 Å². The third-order valence-corrected chi connectivity index (χ3v) is 5.34. The quantitative estimate of drug-likeness (QED) is 0.665. The van der Waals surface area contributed by atoms with Crippen molar-refractivity contribution >= 4 is 0 Å². The average Bonchev–Trinajstić information content (AvgIpc) is 3.00. The van der Waals surface area contributed by atoms with Crippen LogP contribution < -0.4 is 9.47 Å². The molecule has 1 aromatic rings. The maximum Gasteiger partial charge on any atom is 0.231 e. The minimum absolute atomic E-state index is 0.243. The molecule has 1 saturated heterocycles. The van der Waals surface area contributed by atoms with E-state index in [-0.39, 0.29) is 5.41 Å². The van der Waals surface area contributed by atoms with Gasteiger partial charge in [-0.3, -0.25) is 4.90 Å². The molecule has 0 amide bonds. The molecule has 5 rings (SSSR count). The van der Waals surface area contributed by atoms with E-state index in [0.717, 1.165) is 18.0 Å². The zero-order valence-electron chi connectivity index (χ0n) is 10.9. The van der Waals surface area contributed by atoms with Gasteiger partial charge in [-0.15, -0.1) is 0 Å². The van der Waals surface area contributed by atoms with Crippen molar-refractivity contribution in [1.29, 1.82) is 0 Å². The van der Waals surface area contributed by atoms with Crippen LogP contribution in [-0.4, -0.2) is 24.3 Å². The highest BCUT2D eigenvalue weighted by molar-refractivity contribution is 5.55. The predicted molar refractivity (Wildman–Crippen MR) is 71.4 cm³/mol. The Morgan fingerprint density at radius 1 is 1.21 bits per heavy atom. The summed E-state index contributed by atoms with van der Waals surface area (Å²) in [4.78, 5) is 2.66. The van der Waals surface area contributed by atoms with Crippen molar-refractivity contribution < 1.29 is 9.47 Å². The normalized spacial score (nSPS) is 37.1. The summed E-state index contributed by atoms with van der Waals surface area (Å²) in [5.41, 5.74) is 3.17. The van der Waals surface area contributed by atoms with Gasteiger partial charge in [0.25, 0.3) is 0 Å². The molecule has 3 nitrogen and oxygen atoms in total. The second kappa shape index (κ2) is 3.34. The second-order valence-corrected chi connectivity index (χ2v) is 6.12. The van der Waals surface area contributed by atoms with Crippen LogP contribution in [0.1, 0.15) is 30.4 Å². The van der Waals surface area contributed by atoms with E-state index in [0.29, 0.717) is 12.8 Å². The second-order valence-electron chi connectivity index (χ2n) is 6.12. The molecule has 0 saturated carbocycles. The molecular weight excluding hydrogens is 238 g/mol. The third kappa shape index (κ3) is 1.17. The van der Waals surface area contributed by atoms with Gasteiger partial charge < -0.3 is 9.47 Å². The largest absolute Gasteiger partial charge is 0.454 e. The van der Waals surface area contributed by atoms with Gasteiger partial charge in [-0.2, -0.15) is 0 Å². The topological polar surface area (TPSA) is 21.7 Å². The first-order chi connectivity index (χ1) is 9.37. The molecule has 98 valence electrons. The number of nitrogens with zero attached hydrogens (tertiary/aromatic N) is 1. The molecule has 1 aromatic carbocycles. The fraction of sp³-hybridized carbons (Fsp3) is 0.500. The highest BCUT2D eigenvalue weighted by Gasteiger charge is 2.51. The number of benzene rings is 1. The minimum Gasteiger partial charge on any atom is -0.454 e. The van der Waals surface area contributed by atoms with Crippen LogP contribution in [0.25, 0.3) is 0 Å². The lowest BCUT2D eigenvalue weighted by molar-refractivity contribution is 0.174. The van der Waals surface area contributed by atoms with Gasteiger partial charge in [0.2, 0.25) is 6.79 Å². The van der Waals surface area contributed by atoms with Crippen LogP contribution in [0, 0.1) is 0 Å². The summed E-state index contributed by atoms with van der Waals surface area (Å²) < 4.78 is 11.1. The number of ether oxygens (including phenoxy) is 2. The molecular formula is C16H17NO2. The standard InChI is InChI=1S/C16H17NO2/c1-2-4-16-5-6-17(15(16)3-1)9-11-7-13-14(8-12(11)16)19-10-18-13/h2,4,7-8,15H,1,3,5-6,9-10H2/t15-,16-/m1/s1. The molecule has 2 bridgehead atoms. The molecule has 3 heteroatoms. The Bertz CT molecular complexity index is 595. The van der Waals surface area contributed by atoms with Gasteiger partial charge in [0.15, 0.2) is 11.5 Å². The Morgan fingerprint density at radius 2 is 2.11 bits per heavy atom. The average molecular weight is 255 g/mol. The SMILES string of the molecule is C1=C[C@@]23CCN(Cc4cc5c(cc42)OCO5)[C@@H]3CC1. The lowest BCUT2D eigenvalue weighted by Gasteiger charge is -2.44. The van der Waals surface area contributed by atoms with Gasteiger partial charge >= 0.3 is 0 Å². The van der Waals surface area contributed by atoms with E-state index >= 15 is 0 Å². The van der Waals surface area contributed by atoms with E-state index in [1.807, 2.05) is 0 Å². The summed E-state index contributed by atoms with van der Waals surface area (Å²) in [6.45, 7) is 2.66. The van der Waals surface area contributed by atoms with Crippen LogP contribution in [0.5, 0.6) is 11.5 Å². The maximum atomic E-state index is 5.59. The van der Waals surface area contributed by atoms with Gasteiger partial charge in [0, 0.05) is 24.5 Å². The Kier molecular flexibility index (Phi) is 1.81. The number of hydrogen-bond donors (Lipinski definition) is 0. The lowest BCUT2D eigenvalue weighted by Crippen LogP contribution is -2.46. The maximum absolute atomic E-state index is 5.59. The molecule has 0 aromatic heterocycles. The molecule has 0 spiro atoms. The first kappa shape index (κ1) is 10.3. The number of fused-ring (bicyclic) bond motifs is 2. The fourth-order valence-corrected chi connectivity index (χ4v) is 4.52. The van der Waals surface area contributed by atoms with Gasteiger partial charge in [0.05, 0.1) is 0 Å². The van der Waals surface area contributed by atoms with Crippen LogP contribution in [0.4, 0.5) is 0 Å². The summed E-state index contributed by atoms with van der Waals surface area (Å²) >= 11 is 0. The molecule has 1 aliphatic carbocycles. The van der Waals surface area contributed by atoms with Gasteiger partial charge in [-0.1, -0.05) is 12.2 Å². The molecule has 19 heavy (non-hydrogen) atoms.